The number of hydrogen-bond acceptors (Lipinski definition) is 2. The van der Waals surface area contributed by atoms with Crippen LogP contribution in [0.25, 0.3) is 0 Å². The largest absolute Gasteiger partial charge is 0.330 e. The molecule has 0 radical (unpaired) electrons. The second kappa shape index (κ2) is 8.27. The molecule has 0 rings (SSSR count). The maximum absolute atomic E-state index is 5.51. The van der Waals surface area contributed by atoms with Crippen molar-refractivity contribution < 1.29 is 0 Å². The van der Waals surface area contributed by atoms with E-state index in [1.54, 1.807) is 0 Å². The van der Waals surface area contributed by atoms with E-state index in [-0.39, 0.29) is 0 Å². The molecule has 0 aromatic heterocycles. The van der Waals surface area contributed by atoms with Gasteiger partial charge in [-0.05, 0) is 31.8 Å². The summed E-state index contributed by atoms with van der Waals surface area (Å²) >= 11 is 0. The van der Waals surface area contributed by atoms with Crippen LogP contribution in [0.15, 0.2) is 12.7 Å². The van der Waals surface area contributed by atoms with Gasteiger partial charge in [-0.15, -0.1) is 6.58 Å². The Kier molecular flexibility index (Phi) is 8.05. The van der Waals surface area contributed by atoms with Gasteiger partial charge in [-0.2, -0.15) is 0 Å². The third-order valence-corrected chi connectivity index (χ3v) is 2.16. The lowest BCUT2D eigenvalue weighted by Crippen LogP contribution is -2.30. The van der Waals surface area contributed by atoms with Crippen molar-refractivity contribution in [2.24, 2.45) is 11.7 Å². The minimum atomic E-state index is 0.705. The van der Waals surface area contributed by atoms with Crippen LogP contribution in [-0.4, -0.2) is 31.1 Å². The van der Waals surface area contributed by atoms with Crippen molar-refractivity contribution in [2.45, 2.75) is 26.7 Å². The molecule has 0 aliphatic heterocycles. The van der Waals surface area contributed by atoms with Gasteiger partial charge in [0.1, 0.15) is 0 Å². The average molecular weight is 184 g/mol. The van der Waals surface area contributed by atoms with Crippen LogP contribution in [0.1, 0.15) is 26.7 Å². The maximum Gasteiger partial charge on any atom is 0.0160 e. The van der Waals surface area contributed by atoms with Crippen LogP contribution < -0.4 is 5.73 Å². The van der Waals surface area contributed by atoms with Crippen molar-refractivity contribution in [2.75, 3.05) is 26.2 Å². The number of rotatable bonds is 8. The summed E-state index contributed by atoms with van der Waals surface area (Å²) < 4.78 is 0. The smallest absolute Gasteiger partial charge is 0.0160 e. The molecule has 13 heavy (non-hydrogen) atoms. The van der Waals surface area contributed by atoms with Gasteiger partial charge in [0.2, 0.25) is 0 Å². The Morgan fingerprint density at radius 2 is 2.23 bits per heavy atom. The summed E-state index contributed by atoms with van der Waals surface area (Å²) in [5.41, 5.74) is 5.51. The molecule has 1 atom stereocenters. The van der Waals surface area contributed by atoms with Crippen molar-refractivity contribution in [3.8, 4) is 0 Å². The predicted molar refractivity (Wildman–Crippen MR) is 59.8 cm³/mol. The highest BCUT2D eigenvalue weighted by molar-refractivity contribution is 4.74. The van der Waals surface area contributed by atoms with Crippen LogP contribution in [0.2, 0.25) is 0 Å². The molecule has 2 N–H and O–H groups in total. The first-order valence-electron chi connectivity index (χ1n) is 5.27. The summed E-state index contributed by atoms with van der Waals surface area (Å²) in [5, 5.41) is 0. The molecule has 0 heterocycles. The van der Waals surface area contributed by atoms with Crippen molar-refractivity contribution in [1.82, 2.24) is 4.90 Å². The van der Waals surface area contributed by atoms with Gasteiger partial charge in [0.05, 0.1) is 0 Å². The van der Waals surface area contributed by atoms with Gasteiger partial charge >= 0.3 is 0 Å². The lowest BCUT2D eigenvalue weighted by atomic mass is 10.1. The van der Waals surface area contributed by atoms with Gasteiger partial charge in [-0.25, -0.2) is 0 Å². The highest BCUT2D eigenvalue weighted by Gasteiger charge is 2.06. The van der Waals surface area contributed by atoms with Crippen LogP contribution in [0, 0.1) is 5.92 Å². The first kappa shape index (κ1) is 12.7. The van der Waals surface area contributed by atoms with E-state index < -0.39 is 0 Å². The van der Waals surface area contributed by atoms with Crippen molar-refractivity contribution in [3.63, 3.8) is 0 Å². The van der Waals surface area contributed by atoms with Gasteiger partial charge in [-0.1, -0.05) is 19.9 Å². The summed E-state index contributed by atoms with van der Waals surface area (Å²) in [5.74, 6) is 0.705. The molecule has 0 aliphatic carbocycles. The molecule has 0 saturated heterocycles. The van der Waals surface area contributed by atoms with Crippen molar-refractivity contribution in [3.05, 3.63) is 12.7 Å². The second-order valence-electron chi connectivity index (χ2n) is 3.73. The fourth-order valence-corrected chi connectivity index (χ4v) is 1.57. The molecule has 0 spiro atoms. The van der Waals surface area contributed by atoms with E-state index in [1.807, 2.05) is 6.08 Å². The normalized spacial score (nSPS) is 13.2. The van der Waals surface area contributed by atoms with E-state index in [9.17, 15) is 0 Å². The topological polar surface area (TPSA) is 29.3 Å². The molecule has 0 aromatic carbocycles. The van der Waals surface area contributed by atoms with E-state index in [0.29, 0.717) is 5.92 Å². The van der Waals surface area contributed by atoms with Crippen LogP contribution in [0.5, 0.6) is 0 Å². The van der Waals surface area contributed by atoms with E-state index in [2.05, 4.69) is 25.3 Å². The minimum Gasteiger partial charge on any atom is -0.330 e. The van der Waals surface area contributed by atoms with E-state index in [0.717, 1.165) is 26.1 Å². The molecule has 0 aliphatic rings. The number of nitrogens with zero attached hydrogens (tertiary/aromatic N) is 1. The zero-order valence-electron chi connectivity index (χ0n) is 9.13. The summed E-state index contributed by atoms with van der Waals surface area (Å²) in [6, 6.07) is 0. The van der Waals surface area contributed by atoms with Crippen molar-refractivity contribution >= 4 is 0 Å². The van der Waals surface area contributed by atoms with Crippen molar-refractivity contribution in [1.29, 1.82) is 0 Å². The molecule has 0 amide bonds. The standard InChI is InChI=1S/C11H24N2/c1-4-8-13(9-5-2)10-11(3)6-7-12/h4,11H,1,5-10,12H2,2-3H3. The highest BCUT2D eigenvalue weighted by atomic mass is 15.1. The summed E-state index contributed by atoms with van der Waals surface area (Å²) in [7, 11) is 0. The summed E-state index contributed by atoms with van der Waals surface area (Å²) in [6.07, 6.45) is 4.31. The maximum atomic E-state index is 5.51. The predicted octanol–water partition coefficient (Wildman–Crippen LogP) is 1.87. The molecule has 0 aromatic rings. The lowest BCUT2D eigenvalue weighted by Gasteiger charge is -2.23. The molecule has 1 unspecified atom stereocenters. The Labute approximate surface area is 82.8 Å². The third-order valence-electron chi connectivity index (χ3n) is 2.16. The molecule has 78 valence electrons. The zero-order valence-corrected chi connectivity index (χ0v) is 9.13. The molecule has 2 heteroatoms. The van der Waals surface area contributed by atoms with E-state index >= 15 is 0 Å². The number of hydrogen-bond donors (Lipinski definition) is 1. The lowest BCUT2D eigenvalue weighted by molar-refractivity contribution is 0.256. The molecule has 0 saturated carbocycles. The molecular formula is C11H24N2. The fourth-order valence-electron chi connectivity index (χ4n) is 1.57. The van der Waals surface area contributed by atoms with E-state index in [1.165, 1.54) is 13.0 Å². The number of nitrogens with two attached hydrogens (primary N) is 1. The Hall–Kier alpha value is -0.340. The van der Waals surface area contributed by atoms with Gasteiger partial charge in [-0.3, -0.25) is 4.90 Å². The van der Waals surface area contributed by atoms with Gasteiger partial charge in [0.25, 0.3) is 0 Å². The molecule has 0 fully saturated rings. The SMILES string of the molecule is C=CCN(CCC)CC(C)CCN. The van der Waals surface area contributed by atoms with Gasteiger partial charge < -0.3 is 5.73 Å². The van der Waals surface area contributed by atoms with Crippen LogP contribution in [-0.2, 0) is 0 Å². The Morgan fingerprint density at radius 3 is 2.69 bits per heavy atom. The zero-order chi connectivity index (χ0) is 10.1. The monoisotopic (exact) mass is 184 g/mol. The van der Waals surface area contributed by atoms with Crippen LogP contribution >= 0.6 is 0 Å². The highest BCUT2D eigenvalue weighted by Crippen LogP contribution is 2.04. The molecule has 2 nitrogen and oxygen atoms in total. The van der Waals surface area contributed by atoms with Crippen LogP contribution in [0.3, 0.4) is 0 Å². The second-order valence-corrected chi connectivity index (χ2v) is 3.73. The third kappa shape index (κ3) is 6.79. The Balaban J connectivity index is 3.71. The quantitative estimate of drug-likeness (QED) is 0.584. The van der Waals surface area contributed by atoms with Gasteiger partial charge in [0, 0.05) is 13.1 Å². The molecule has 0 bridgehead atoms. The van der Waals surface area contributed by atoms with Crippen LogP contribution in [0.4, 0.5) is 0 Å². The average Bonchev–Trinajstić information content (AvgIpc) is 2.05. The summed E-state index contributed by atoms with van der Waals surface area (Å²) in [4.78, 5) is 2.44. The minimum absolute atomic E-state index is 0.705. The fraction of sp³-hybridized carbons (Fsp3) is 0.818. The van der Waals surface area contributed by atoms with Gasteiger partial charge in [0.15, 0.2) is 0 Å². The first-order chi connectivity index (χ1) is 6.24. The van der Waals surface area contributed by atoms with E-state index in [4.69, 9.17) is 5.73 Å². The Bertz CT molecular complexity index is 123. The summed E-state index contributed by atoms with van der Waals surface area (Å²) in [6.45, 7) is 12.4. The first-order valence-corrected chi connectivity index (χ1v) is 5.27. The molecular weight excluding hydrogens is 160 g/mol. The Morgan fingerprint density at radius 1 is 1.54 bits per heavy atom.